The van der Waals surface area contributed by atoms with E-state index in [9.17, 15) is 13.2 Å². The number of aromatic nitrogens is 3. The molecule has 0 saturated heterocycles. The van der Waals surface area contributed by atoms with E-state index in [1.807, 2.05) is 31.4 Å². The first-order valence-electron chi connectivity index (χ1n) is 10.0. The Morgan fingerprint density at radius 1 is 1.09 bits per heavy atom. The molecule has 164 valence electrons. The third-order valence-corrected chi connectivity index (χ3v) is 6.50. The van der Waals surface area contributed by atoms with Gasteiger partial charge in [-0.05, 0) is 50.6 Å². The lowest BCUT2D eigenvalue weighted by atomic mass is 10.0. The van der Waals surface area contributed by atoms with Crippen LogP contribution in [-0.4, -0.2) is 28.7 Å². The van der Waals surface area contributed by atoms with Crippen LogP contribution in [0.5, 0.6) is 0 Å². The topological polar surface area (TPSA) is 120 Å². The second-order valence-electron chi connectivity index (χ2n) is 7.83. The molecule has 3 N–H and O–H groups in total. The molecule has 2 aromatic heterocycles. The summed E-state index contributed by atoms with van der Waals surface area (Å²) in [6.07, 6.45) is 3.08. The number of anilines is 2. The Morgan fingerprint density at radius 2 is 1.84 bits per heavy atom. The van der Waals surface area contributed by atoms with Gasteiger partial charge in [-0.1, -0.05) is 24.3 Å². The van der Waals surface area contributed by atoms with Gasteiger partial charge in [0.2, 0.25) is 0 Å². The van der Waals surface area contributed by atoms with Crippen molar-refractivity contribution in [1.82, 2.24) is 14.5 Å². The van der Waals surface area contributed by atoms with Crippen molar-refractivity contribution in [2.24, 2.45) is 0 Å². The molecule has 0 aliphatic carbocycles. The van der Waals surface area contributed by atoms with Crippen molar-refractivity contribution in [3.8, 4) is 0 Å². The molecule has 8 nitrogen and oxygen atoms in total. The van der Waals surface area contributed by atoms with E-state index in [1.165, 1.54) is 18.5 Å². The first-order valence-corrected chi connectivity index (χ1v) is 11.5. The molecule has 0 radical (unpaired) electrons. The predicted octanol–water partition coefficient (Wildman–Crippen LogP) is 3.93. The van der Waals surface area contributed by atoms with Crippen LogP contribution in [0.1, 0.15) is 41.4 Å². The number of aryl methyl sites for hydroxylation is 1. The largest absolute Gasteiger partial charge is 0.383 e. The number of rotatable bonds is 6. The highest BCUT2D eigenvalue weighted by molar-refractivity contribution is 7.92. The summed E-state index contributed by atoms with van der Waals surface area (Å²) in [5, 5.41) is 0.483. The number of hydrogen-bond donors (Lipinski definition) is 2. The summed E-state index contributed by atoms with van der Waals surface area (Å²) in [5.74, 6) is -0.0819. The van der Waals surface area contributed by atoms with Crippen LogP contribution < -0.4 is 10.5 Å². The molecule has 0 unspecified atom stereocenters. The summed E-state index contributed by atoms with van der Waals surface area (Å²) in [6.45, 7) is 5.78. The van der Waals surface area contributed by atoms with Gasteiger partial charge < -0.3 is 10.3 Å². The molecule has 9 heteroatoms. The number of benzene rings is 2. The predicted molar refractivity (Wildman–Crippen MR) is 124 cm³/mol. The van der Waals surface area contributed by atoms with Gasteiger partial charge in [0, 0.05) is 23.5 Å². The summed E-state index contributed by atoms with van der Waals surface area (Å²) in [4.78, 5) is 21.9. The molecule has 0 amide bonds. The smallest absolute Gasteiger partial charge is 0.261 e. The van der Waals surface area contributed by atoms with E-state index in [2.05, 4.69) is 14.7 Å². The third-order valence-electron chi connectivity index (χ3n) is 5.12. The van der Waals surface area contributed by atoms with E-state index in [0.29, 0.717) is 22.2 Å². The van der Waals surface area contributed by atoms with Crippen molar-refractivity contribution in [3.05, 3.63) is 77.7 Å². The number of nitrogens with one attached hydrogen (secondary N) is 1. The highest BCUT2D eigenvalue weighted by Gasteiger charge is 2.22. The van der Waals surface area contributed by atoms with Crippen LogP contribution in [0.25, 0.3) is 11.0 Å². The molecule has 32 heavy (non-hydrogen) atoms. The van der Waals surface area contributed by atoms with Crippen molar-refractivity contribution in [2.75, 3.05) is 10.5 Å². The molecule has 2 aromatic carbocycles. The monoisotopic (exact) mass is 449 g/mol. The second-order valence-corrected chi connectivity index (χ2v) is 9.52. The molecular formula is C23H23N5O3S. The van der Waals surface area contributed by atoms with Crippen molar-refractivity contribution >= 4 is 38.3 Å². The van der Waals surface area contributed by atoms with Crippen molar-refractivity contribution < 1.29 is 13.2 Å². The quantitative estimate of drug-likeness (QED) is 0.430. The first kappa shape index (κ1) is 21.5. The minimum Gasteiger partial charge on any atom is -0.383 e. The van der Waals surface area contributed by atoms with Gasteiger partial charge in [-0.3, -0.25) is 9.52 Å². The third kappa shape index (κ3) is 3.94. The van der Waals surface area contributed by atoms with Crippen molar-refractivity contribution in [2.45, 2.75) is 31.7 Å². The van der Waals surface area contributed by atoms with Crippen LogP contribution >= 0.6 is 0 Å². The Kier molecular flexibility index (Phi) is 5.43. The number of nitrogen functional groups attached to an aromatic ring is 1. The van der Waals surface area contributed by atoms with Gasteiger partial charge in [0.1, 0.15) is 17.8 Å². The van der Waals surface area contributed by atoms with E-state index < -0.39 is 10.0 Å². The molecule has 0 aliphatic rings. The van der Waals surface area contributed by atoms with Crippen molar-refractivity contribution in [1.29, 1.82) is 0 Å². The fourth-order valence-electron chi connectivity index (χ4n) is 3.55. The standard InChI is InChI=1S/C23H23N5O3S/c1-14(2)28-12-19(20-22(24)25-13-26-23(20)28)21(29)16-7-5-8-17(11-16)27-32(30,31)18-9-4-6-15(3)10-18/h4-14,27H,1-3H3,(H2,24,25,26). The molecular weight excluding hydrogens is 426 g/mol. The Labute approximate surface area is 186 Å². The number of carbonyl (C=O) groups excluding carboxylic acids is 1. The molecule has 2 heterocycles. The summed E-state index contributed by atoms with van der Waals surface area (Å²) in [5.41, 5.74) is 8.45. The van der Waals surface area contributed by atoms with Crippen LogP contribution in [0.15, 0.2) is 66.0 Å². The number of hydrogen-bond acceptors (Lipinski definition) is 6. The van der Waals surface area contributed by atoms with E-state index in [1.54, 1.807) is 36.5 Å². The van der Waals surface area contributed by atoms with Gasteiger partial charge in [-0.25, -0.2) is 18.4 Å². The minimum absolute atomic E-state index is 0.0563. The Balaban J connectivity index is 1.72. The molecule has 4 aromatic rings. The highest BCUT2D eigenvalue weighted by atomic mass is 32.2. The zero-order chi connectivity index (χ0) is 23.0. The molecule has 0 fully saturated rings. The molecule has 0 atom stereocenters. The fourth-order valence-corrected chi connectivity index (χ4v) is 4.70. The number of ketones is 1. The lowest BCUT2D eigenvalue weighted by Gasteiger charge is -2.10. The van der Waals surface area contributed by atoms with Crippen LogP contribution in [0.4, 0.5) is 11.5 Å². The van der Waals surface area contributed by atoms with Crippen LogP contribution in [-0.2, 0) is 10.0 Å². The van der Waals surface area contributed by atoms with Crippen LogP contribution in [0.2, 0.25) is 0 Å². The average Bonchev–Trinajstić information content (AvgIpc) is 3.14. The van der Waals surface area contributed by atoms with Gasteiger partial charge in [0.25, 0.3) is 10.0 Å². The van der Waals surface area contributed by atoms with E-state index in [4.69, 9.17) is 5.73 Å². The minimum atomic E-state index is -3.80. The average molecular weight is 450 g/mol. The number of carbonyl (C=O) groups is 1. The summed E-state index contributed by atoms with van der Waals surface area (Å²) >= 11 is 0. The van der Waals surface area contributed by atoms with Gasteiger partial charge >= 0.3 is 0 Å². The SMILES string of the molecule is Cc1cccc(S(=O)(=O)Nc2cccc(C(=O)c3cn(C(C)C)c4ncnc(N)c34)c2)c1. The summed E-state index contributed by atoms with van der Waals surface area (Å²) in [6, 6.07) is 13.0. The Hall–Kier alpha value is -3.72. The number of nitrogens with zero attached hydrogens (tertiary/aromatic N) is 3. The van der Waals surface area contributed by atoms with Crippen LogP contribution in [0, 0.1) is 6.92 Å². The molecule has 0 aliphatic heterocycles. The normalized spacial score (nSPS) is 11.8. The summed E-state index contributed by atoms with van der Waals surface area (Å²) in [7, 11) is -3.80. The zero-order valence-corrected chi connectivity index (χ0v) is 18.7. The second kappa shape index (κ2) is 8.08. The van der Waals surface area contributed by atoms with E-state index in [-0.39, 0.29) is 28.2 Å². The highest BCUT2D eigenvalue weighted by Crippen LogP contribution is 2.29. The molecule has 0 saturated carbocycles. The molecule has 0 spiro atoms. The maximum Gasteiger partial charge on any atom is 0.261 e. The van der Waals surface area contributed by atoms with Gasteiger partial charge in [0.05, 0.1) is 15.8 Å². The maximum atomic E-state index is 13.4. The zero-order valence-electron chi connectivity index (χ0n) is 17.9. The Morgan fingerprint density at radius 3 is 2.56 bits per heavy atom. The van der Waals surface area contributed by atoms with E-state index in [0.717, 1.165) is 5.56 Å². The number of sulfonamides is 1. The van der Waals surface area contributed by atoms with E-state index >= 15 is 0 Å². The maximum absolute atomic E-state index is 13.4. The van der Waals surface area contributed by atoms with Gasteiger partial charge in [0.15, 0.2) is 5.78 Å². The van der Waals surface area contributed by atoms with Gasteiger partial charge in [-0.15, -0.1) is 0 Å². The van der Waals surface area contributed by atoms with Crippen LogP contribution in [0.3, 0.4) is 0 Å². The first-order chi connectivity index (χ1) is 15.2. The lowest BCUT2D eigenvalue weighted by molar-refractivity contribution is 0.104. The summed E-state index contributed by atoms with van der Waals surface area (Å²) < 4.78 is 30.0. The fraction of sp³-hybridized carbons (Fsp3) is 0.174. The van der Waals surface area contributed by atoms with Crippen molar-refractivity contribution in [3.63, 3.8) is 0 Å². The van der Waals surface area contributed by atoms with Gasteiger partial charge in [-0.2, -0.15) is 0 Å². The molecule has 4 rings (SSSR count). The number of nitrogens with two attached hydrogens (primary N) is 1. The molecule has 0 bridgehead atoms. The lowest BCUT2D eigenvalue weighted by Crippen LogP contribution is -2.13. The number of fused-ring (bicyclic) bond motifs is 1. The Bertz CT molecular complexity index is 1440.